The Morgan fingerprint density at radius 1 is 1.12 bits per heavy atom. The first-order valence-electron chi connectivity index (χ1n) is 10.9. The number of ether oxygens (including phenoxy) is 1. The van der Waals surface area contributed by atoms with Crippen LogP contribution in [0.15, 0.2) is 48.5 Å². The Morgan fingerprint density at radius 3 is 2.41 bits per heavy atom. The van der Waals surface area contributed by atoms with E-state index in [2.05, 4.69) is 0 Å². The molecule has 1 N–H and O–H groups in total. The number of aliphatic hydroxyl groups is 1. The van der Waals surface area contributed by atoms with Crippen molar-refractivity contribution < 1.29 is 37.0 Å². The van der Waals surface area contributed by atoms with Crippen molar-refractivity contribution in [2.24, 2.45) is 0 Å². The van der Waals surface area contributed by atoms with Gasteiger partial charge in [-0.25, -0.2) is 9.18 Å². The van der Waals surface area contributed by atoms with Gasteiger partial charge in [0.1, 0.15) is 11.4 Å². The molecule has 2 aliphatic rings. The van der Waals surface area contributed by atoms with Crippen LogP contribution in [0.2, 0.25) is 0 Å². The highest BCUT2D eigenvalue weighted by Gasteiger charge is 2.51. The van der Waals surface area contributed by atoms with Crippen molar-refractivity contribution in [3.05, 3.63) is 71.0 Å². The van der Waals surface area contributed by atoms with Crippen LogP contribution in [0.4, 0.5) is 22.4 Å². The number of hydrogen-bond donors (Lipinski definition) is 1. The fraction of sp³-hybridized carbons (Fsp3) is 0.417. The fourth-order valence-corrected chi connectivity index (χ4v) is 4.77. The second-order valence-electron chi connectivity index (χ2n) is 8.58. The molecule has 2 amide bonds. The van der Waals surface area contributed by atoms with Gasteiger partial charge in [-0.1, -0.05) is 30.3 Å². The second-order valence-corrected chi connectivity index (χ2v) is 8.58. The van der Waals surface area contributed by atoms with Gasteiger partial charge in [0.25, 0.3) is 5.91 Å². The van der Waals surface area contributed by atoms with Gasteiger partial charge < -0.3 is 19.6 Å². The quantitative estimate of drug-likeness (QED) is 0.671. The number of aliphatic hydroxyl groups excluding tert-OH is 1. The third kappa shape index (κ3) is 4.72. The fourth-order valence-electron chi connectivity index (χ4n) is 4.77. The largest absolute Gasteiger partial charge is 0.442 e. The number of halogens is 4. The summed E-state index contributed by atoms with van der Waals surface area (Å²) < 4.78 is 58.9. The molecular formula is C24H24F4N2O4. The summed E-state index contributed by atoms with van der Waals surface area (Å²) in [6.45, 7) is 0.514. The van der Waals surface area contributed by atoms with Gasteiger partial charge in [-0.3, -0.25) is 4.79 Å². The second kappa shape index (κ2) is 9.25. The zero-order chi connectivity index (χ0) is 24.5. The molecule has 0 radical (unpaired) electrons. The Balaban J connectivity index is 1.55. The number of alkyl halides is 3. The summed E-state index contributed by atoms with van der Waals surface area (Å²) >= 11 is 0. The van der Waals surface area contributed by atoms with Crippen LogP contribution in [0, 0.1) is 5.82 Å². The Bertz CT molecular complexity index is 1050. The molecule has 1 atom stereocenters. The molecule has 10 heteroatoms. The topological polar surface area (TPSA) is 70.1 Å². The first-order chi connectivity index (χ1) is 16.1. The van der Waals surface area contributed by atoms with Crippen molar-refractivity contribution in [1.82, 2.24) is 9.80 Å². The van der Waals surface area contributed by atoms with E-state index in [9.17, 15) is 32.3 Å². The molecular weight excluding hydrogens is 456 g/mol. The van der Waals surface area contributed by atoms with Gasteiger partial charge in [-0.2, -0.15) is 13.2 Å². The summed E-state index contributed by atoms with van der Waals surface area (Å²) in [4.78, 5) is 28.3. The first-order valence-corrected chi connectivity index (χ1v) is 10.9. The first kappa shape index (κ1) is 24.0. The minimum absolute atomic E-state index is 0.129. The molecule has 34 heavy (non-hydrogen) atoms. The van der Waals surface area contributed by atoms with Crippen LogP contribution in [0.25, 0.3) is 0 Å². The molecule has 1 unspecified atom stereocenters. The number of benzene rings is 2. The van der Waals surface area contributed by atoms with Crippen LogP contribution in [0.3, 0.4) is 0 Å². The lowest BCUT2D eigenvalue weighted by Crippen LogP contribution is -2.59. The number of hydrogen-bond acceptors (Lipinski definition) is 4. The van der Waals surface area contributed by atoms with Gasteiger partial charge in [0.05, 0.1) is 12.2 Å². The SMILES string of the molecule is O=C1OC2(CCN(C(=O)c3cc(F)cc(C(F)(F)F)c3)CC2)C(c2ccccc2)CN1CCO. The normalized spacial score (nSPS) is 20.4. The van der Waals surface area contributed by atoms with Crippen molar-refractivity contribution in [2.45, 2.75) is 30.5 Å². The number of carbonyl (C=O) groups excluding carboxylic acids is 2. The van der Waals surface area contributed by atoms with Gasteiger partial charge in [0.2, 0.25) is 0 Å². The van der Waals surface area contributed by atoms with Gasteiger partial charge in [0.15, 0.2) is 0 Å². The summed E-state index contributed by atoms with van der Waals surface area (Å²) in [5.41, 5.74) is -1.56. The van der Waals surface area contributed by atoms with Gasteiger partial charge in [-0.05, 0) is 23.8 Å². The van der Waals surface area contributed by atoms with E-state index in [4.69, 9.17) is 4.74 Å². The molecule has 0 saturated carbocycles. The molecule has 6 nitrogen and oxygen atoms in total. The third-order valence-electron chi connectivity index (χ3n) is 6.53. The number of amides is 2. The lowest BCUT2D eigenvalue weighted by molar-refractivity contribution is -0.137. The molecule has 4 rings (SSSR count). The Kier molecular flexibility index (Phi) is 6.53. The zero-order valence-corrected chi connectivity index (χ0v) is 18.2. The van der Waals surface area contributed by atoms with Crippen molar-refractivity contribution in [3.63, 3.8) is 0 Å². The number of nitrogens with zero attached hydrogens (tertiary/aromatic N) is 2. The van der Waals surface area contributed by atoms with E-state index in [0.717, 1.165) is 11.6 Å². The van der Waals surface area contributed by atoms with E-state index in [-0.39, 0.29) is 50.6 Å². The molecule has 2 heterocycles. The predicted octanol–water partition coefficient (Wildman–Crippen LogP) is 4.05. The monoisotopic (exact) mass is 480 g/mol. The Morgan fingerprint density at radius 2 is 1.79 bits per heavy atom. The summed E-state index contributed by atoms with van der Waals surface area (Å²) in [5.74, 6) is -2.07. The van der Waals surface area contributed by atoms with Crippen LogP contribution in [0.1, 0.15) is 40.2 Å². The van der Waals surface area contributed by atoms with Crippen LogP contribution in [0.5, 0.6) is 0 Å². The highest BCUT2D eigenvalue weighted by molar-refractivity contribution is 5.94. The number of carbonyl (C=O) groups is 2. The van der Waals surface area contributed by atoms with E-state index in [1.807, 2.05) is 30.3 Å². The lowest BCUT2D eigenvalue weighted by Gasteiger charge is -2.50. The minimum atomic E-state index is -4.78. The lowest BCUT2D eigenvalue weighted by atomic mass is 9.74. The van der Waals surface area contributed by atoms with E-state index in [1.54, 1.807) is 0 Å². The van der Waals surface area contributed by atoms with Crippen LogP contribution in [-0.4, -0.2) is 65.3 Å². The molecule has 0 bridgehead atoms. The molecule has 2 aromatic carbocycles. The van der Waals surface area contributed by atoms with Crippen molar-refractivity contribution >= 4 is 12.0 Å². The highest BCUT2D eigenvalue weighted by Crippen LogP contribution is 2.44. The maximum Gasteiger partial charge on any atom is 0.416 e. The van der Waals surface area contributed by atoms with Gasteiger partial charge in [0, 0.05) is 50.5 Å². The minimum Gasteiger partial charge on any atom is -0.442 e. The van der Waals surface area contributed by atoms with Gasteiger partial charge in [-0.15, -0.1) is 0 Å². The number of rotatable bonds is 4. The van der Waals surface area contributed by atoms with Crippen LogP contribution >= 0.6 is 0 Å². The Labute approximate surface area is 193 Å². The summed E-state index contributed by atoms with van der Waals surface area (Å²) in [6, 6.07) is 11.3. The molecule has 0 aromatic heterocycles. The van der Waals surface area contributed by atoms with Crippen molar-refractivity contribution in [1.29, 1.82) is 0 Å². The molecule has 0 aliphatic carbocycles. The maximum atomic E-state index is 13.8. The summed E-state index contributed by atoms with van der Waals surface area (Å²) in [7, 11) is 0. The van der Waals surface area contributed by atoms with Gasteiger partial charge >= 0.3 is 12.3 Å². The molecule has 1 spiro atoms. The van der Waals surface area contributed by atoms with E-state index >= 15 is 0 Å². The molecule has 2 aromatic rings. The van der Waals surface area contributed by atoms with Crippen molar-refractivity contribution in [2.75, 3.05) is 32.8 Å². The maximum absolute atomic E-state index is 13.8. The summed E-state index contributed by atoms with van der Waals surface area (Å²) in [5, 5.41) is 9.30. The average molecular weight is 480 g/mol. The zero-order valence-electron chi connectivity index (χ0n) is 18.2. The van der Waals surface area contributed by atoms with E-state index < -0.39 is 35.2 Å². The third-order valence-corrected chi connectivity index (χ3v) is 6.53. The number of piperidine rings is 1. The Hall–Kier alpha value is -3.14. The average Bonchev–Trinajstić information content (AvgIpc) is 2.80. The number of β-amino-alcohol motifs (C(OH)–C–C–N with tert-alkyl or cyclic N) is 1. The molecule has 2 fully saturated rings. The molecule has 182 valence electrons. The molecule has 2 aliphatic heterocycles. The molecule has 2 saturated heterocycles. The van der Waals surface area contributed by atoms with Crippen LogP contribution in [-0.2, 0) is 10.9 Å². The standard InChI is InChI=1S/C24H24F4N2O4/c25-19-13-17(12-18(14-19)24(26,27)28)21(32)29-8-6-23(7-9-29)20(16-4-2-1-3-5-16)15-30(10-11-31)22(33)34-23/h1-5,12-14,20,31H,6-11,15H2. The van der Waals surface area contributed by atoms with Crippen LogP contribution < -0.4 is 0 Å². The highest BCUT2D eigenvalue weighted by atomic mass is 19.4. The summed E-state index contributed by atoms with van der Waals surface area (Å²) in [6.07, 6.45) is -4.78. The number of likely N-dealkylation sites (tertiary alicyclic amines) is 1. The van der Waals surface area contributed by atoms with E-state index in [1.165, 1.54) is 9.80 Å². The van der Waals surface area contributed by atoms with E-state index in [0.29, 0.717) is 18.7 Å². The smallest absolute Gasteiger partial charge is 0.416 e. The van der Waals surface area contributed by atoms with Crippen molar-refractivity contribution in [3.8, 4) is 0 Å². The predicted molar refractivity (Wildman–Crippen MR) is 114 cm³/mol.